The largest absolute Gasteiger partial charge is 0.466 e. The molecule has 0 aromatic heterocycles. The third-order valence-electron chi connectivity index (χ3n) is 2.53. The molecule has 1 aromatic rings. The lowest BCUT2D eigenvalue weighted by Gasteiger charge is -2.08. The van der Waals surface area contributed by atoms with Crippen LogP contribution < -0.4 is 11.1 Å². The number of hydrogen-bond donors (Lipinski definition) is 2. The Kier molecular flexibility index (Phi) is 8.00. The number of benzene rings is 1. The van der Waals surface area contributed by atoms with Crippen molar-refractivity contribution >= 4 is 40.9 Å². The number of esters is 1. The minimum atomic E-state index is -0.245. The fourth-order valence-corrected chi connectivity index (χ4v) is 2.72. The van der Waals surface area contributed by atoms with Gasteiger partial charge in [-0.25, -0.2) is 0 Å². The van der Waals surface area contributed by atoms with E-state index in [1.165, 1.54) is 11.8 Å². The number of nitrogens with two attached hydrogens (primary N) is 1. The number of nitrogens with one attached hydrogen (secondary N) is 1. The van der Waals surface area contributed by atoms with Gasteiger partial charge in [0.1, 0.15) is 0 Å². The zero-order valence-corrected chi connectivity index (χ0v) is 13.4. The second kappa shape index (κ2) is 9.52. The standard InChI is InChI=1S/C14H19ClN2O3S/c1-2-20-13(19)7-4-8-17-12(18)9-21-14-10(15)5-3-6-11(14)16/h3,5-6H,2,4,7-9,16H2,1H3,(H,17,18). The van der Waals surface area contributed by atoms with Crippen LogP contribution in [0.25, 0.3) is 0 Å². The Bertz CT molecular complexity index is 477. The van der Waals surface area contributed by atoms with E-state index >= 15 is 0 Å². The zero-order chi connectivity index (χ0) is 15.7. The van der Waals surface area contributed by atoms with Crippen LogP contribution in [0.3, 0.4) is 0 Å². The van der Waals surface area contributed by atoms with Gasteiger partial charge in [-0.1, -0.05) is 17.7 Å². The van der Waals surface area contributed by atoms with Crippen molar-refractivity contribution in [2.75, 3.05) is 24.6 Å². The molecule has 0 aliphatic carbocycles. The number of halogens is 1. The third-order valence-corrected chi connectivity index (χ3v) is 4.11. The molecule has 116 valence electrons. The van der Waals surface area contributed by atoms with E-state index in [1.807, 2.05) is 0 Å². The second-order valence-electron chi connectivity index (χ2n) is 4.21. The van der Waals surface area contributed by atoms with Gasteiger partial charge < -0.3 is 15.8 Å². The van der Waals surface area contributed by atoms with Gasteiger partial charge in [0.05, 0.1) is 17.4 Å². The highest BCUT2D eigenvalue weighted by molar-refractivity contribution is 8.00. The fourth-order valence-electron chi connectivity index (χ4n) is 1.56. The Morgan fingerprint density at radius 2 is 2.19 bits per heavy atom. The van der Waals surface area contributed by atoms with Gasteiger partial charge in [-0.05, 0) is 25.5 Å². The van der Waals surface area contributed by atoms with Crippen molar-refractivity contribution in [1.29, 1.82) is 0 Å². The average molecular weight is 331 g/mol. The number of ether oxygens (including phenoxy) is 1. The van der Waals surface area contributed by atoms with Crippen molar-refractivity contribution in [1.82, 2.24) is 5.32 Å². The van der Waals surface area contributed by atoms with Crippen LogP contribution >= 0.6 is 23.4 Å². The van der Waals surface area contributed by atoms with Crippen LogP contribution in [-0.2, 0) is 14.3 Å². The van der Waals surface area contributed by atoms with E-state index in [0.717, 1.165) is 0 Å². The van der Waals surface area contributed by atoms with Gasteiger partial charge in [-0.2, -0.15) is 0 Å². The molecule has 0 bridgehead atoms. The summed E-state index contributed by atoms with van der Waals surface area (Å²) in [6, 6.07) is 5.24. The first-order chi connectivity index (χ1) is 10.0. The lowest BCUT2D eigenvalue weighted by molar-refractivity contribution is -0.143. The highest BCUT2D eigenvalue weighted by atomic mass is 35.5. The Hall–Kier alpha value is -1.40. The molecule has 0 aliphatic heterocycles. The number of rotatable bonds is 8. The van der Waals surface area contributed by atoms with Crippen LogP contribution in [-0.4, -0.2) is 30.8 Å². The molecule has 1 aromatic carbocycles. The summed E-state index contributed by atoms with van der Waals surface area (Å²) in [7, 11) is 0. The van der Waals surface area contributed by atoms with Crippen LogP contribution in [0.2, 0.25) is 5.02 Å². The van der Waals surface area contributed by atoms with Gasteiger partial charge >= 0.3 is 5.97 Å². The van der Waals surface area contributed by atoms with E-state index < -0.39 is 0 Å². The fraction of sp³-hybridized carbons (Fsp3) is 0.429. The monoisotopic (exact) mass is 330 g/mol. The lowest BCUT2D eigenvalue weighted by atomic mass is 10.3. The quantitative estimate of drug-likeness (QED) is 0.331. The van der Waals surface area contributed by atoms with Crippen LogP contribution in [0, 0.1) is 0 Å². The number of hydrogen-bond acceptors (Lipinski definition) is 5. The van der Waals surface area contributed by atoms with Gasteiger partial charge in [0.25, 0.3) is 0 Å². The van der Waals surface area contributed by atoms with Gasteiger partial charge in [0, 0.05) is 23.5 Å². The topological polar surface area (TPSA) is 81.4 Å². The molecule has 21 heavy (non-hydrogen) atoms. The van der Waals surface area contributed by atoms with E-state index in [0.29, 0.717) is 41.6 Å². The number of carbonyl (C=O) groups excluding carboxylic acids is 2. The van der Waals surface area contributed by atoms with Crippen LogP contribution in [0.5, 0.6) is 0 Å². The first-order valence-electron chi connectivity index (χ1n) is 6.63. The van der Waals surface area contributed by atoms with Gasteiger partial charge in [-0.3, -0.25) is 9.59 Å². The first kappa shape index (κ1) is 17.7. The Morgan fingerprint density at radius 1 is 1.43 bits per heavy atom. The zero-order valence-electron chi connectivity index (χ0n) is 11.9. The molecule has 0 aliphatic rings. The highest BCUT2D eigenvalue weighted by Crippen LogP contribution is 2.32. The van der Waals surface area contributed by atoms with Crippen molar-refractivity contribution < 1.29 is 14.3 Å². The van der Waals surface area contributed by atoms with Crippen molar-refractivity contribution in [3.8, 4) is 0 Å². The molecule has 0 fully saturated rings. The van der Waals surface area contributed by atoms with Gasteiger partial charge in [0.2, 0.25) is 5.91 Å². The first-order valence-corrected chi connectivity index (χ1v) is 8.00. The molecule has 5 nitrogen and oxygen atoms in total. The maximum Gasteiger partial charge on any atom is 0.305 e. The summed E-state index contributed by atoms with van der Waals surface area (Å²) < 4.78 is 4.80. The van der Waals surface area contributed by atoms with E-state index in [9.17, 15) is 9.59 Å². The van der Waals surface area contributed by atoms with Crippen LogP contribution in [0.1, 0.15) is 19.8 Å². The Balaban J connectivity index is 2.24. The SMILES string of the molecule is CCOC(=O)CCCNC(=O)CSc1c(N)cccc1Cl. The molecule has 1 amide bonds. The summed E-state index contributed by atoms with van der Waals surface area (Å²) in [4.78, 5) is 23.5. The molecule has 0 spiro atoms. The molecule has 0 atom stereocenters. The predicted molar refractivity (Wildman–Crippen MR) is 85.5 cm³/mol. The van der Waals surface area contributed by atoms with Crippen molar-refractivity contribution in [2.45, 2.75) is 24.7 Å². The molecule has 3 N–H and O–H groups in total. The smallest absolute Gasteiger partial charge is 0.305 e. The summed E-state index contributed by atoms with van der Waals surface area (Å²) in [5.41, 5.74) is 6.36. The molecule has 0 saturated carbocycles. The summed E-state index contributed by atoms with van der Waals surface area (Å²) in [6.45, 7) is 2.58. The number of carbonyl (C=O) groups is 2. The maximum atomic E-state index is 11.7. The summed E-state index contributed by atoms with van der Waals surface area (Å²) in [6.07, 6.45) is 0.863. The van der Waals surface area contributed by atoms with E-state index in [4.69, 9.17) is 22.1 Å². The summed E-state index contributed by atoms with van der Waals surface area (Å²) in [5.74, 6) is -0.138. The van der Waals surface area contributed by atoms with Crippen molar-refractivity contribution in [3.05, 3.63) is 23.2 Å². The molecular weight excluding hydrogens is 312 g/mol. The molecule has 1 rings (SSSR count). The van der Waals surface area contributed by atoms with Crippen LogP contribution in [0.15, 0.2) is 23.1 Å². The highest BCUT2D eigenvalue weighted by Gasteiger charge is 2.09. The Morgan fingerprint density at radius 3 is 2.86 bits per heavy atom. The predicted octanol–water partition coefficient (Wildman–Crippen LogP) is 2.47. The molecule has 0 heterocycles. The minimum absolute atomic E-state index is 0.122. The molecule has 7 heteroatoms. The molecule has 0 unspecified atom stereocenters. The Labute approximate surface area is 133 Å². The summed E-state index contributed by atoms with van der Waals surface area (Å²) >= 11 is 7.31. The average Bonchev–Trinajstić information content (AvgIpc) is 2.43. The number of nitrogen functional groups attached to an aromatic ring is 1. The third kappa shape index (κ3) is 6.73. The van der Waals surface area contributed by atoms with E-state index in [1.54, 1.807) is 25.1 Å². The lowest BCUT2D eigenvalue weighted by Crippen LogP contribution is -2.26. The van der Waals surface area contributed by atoms with Gasteiger partial charge in [-0.15, -0.1) is 11.8 Å². The number of thioether (sulfide) groups is 1. The molecule has 0 radical (unpaired) electrons. The van der Waals surface area contributed by atoms with Crippen molar-refractivity contribution in [2.24, 2.45) is 0 Å². The summed E-state index contributed by atoms with van der Waals surface area (Å²) in [5, 5.41) is 3.27. The maximum absolute atomic E-state index is 11.7. The number of amides is 1. The van der Waals surface area contributed by atoms with Gasteiger partial charge in [0.15, 0.2) is 0 Å². The molecule has 0 saturated heterocycles. The minimum Gasteiger partial charge on any atom is -0.466 e. The number of anilines is 1. The normalized spacial score (nSPS) is 10.2. The van der Waals surface area contributed by atoms with E-state index in [-0.39, 0.29) is 17.6 Å². The van der Waals surface area contributed by atoms with E-state index in [2.05, 4.69) is 5.32 Å². The second-order valence-corrected chi connectivity index (χ2v) is 5.60. The van der Waals surface area contributed by atoms with Crippen LogP contribution in [0.4, 0.5) is 5.69 Å². The molecular formula is C14H19ClN2O3S. The van der Waals surface area contributed by atoms with Crippen molar-refractivity contribution in [3.63, 3.8) is 0 Å².